The summed E-state index contributed by atoms with van der Waals surface area (Å²) in [6, 6.07) is 0. The molecule has 0 unspecified atom stereocenters. The average Bonchev–Trinajstić information content (AvgIpc) is 2.31. The summed E-state index contributed by atoms with van der Waals surface area (Å²) in [7, 11) is 0. The van der Waals surface area contributed by atoms with Crippen molar-refractivity contribution in [1.29, 1.82) is 0 Å². The van der Waals surface area contributed by atoms with Gasteiger partial charge in [-0.1, -0.05) is 29.8 Å². The smallest absolute Gasteiger partial charge is 0.0472 e. The van der Waals surface area contributed by atoms with Gasteiger partial charge >= 0.3 is 0 Å². The van der Waals surface area contributed by atoms with E-state index in [1.807, 2.05) is 0 Å². The third-order valence-electron chi connectivity index (χ3n) is 3.48. The third-order valence-corrected chi connectivity index (χ3v) is 4.67. The first-order valence-corrected chi connectivity index (χ1v) is 7.74. The van der Waals surface area contributed by atoms with Gasteiger partial charge in [0.25, 0.3) is 0 Å². The summed E-state index contributed by atoms with van der Waals surface area (Å²) < 4.78 is 5.49. The fourth-order valence-corrected chi connectivity index (χ4v) is 3.25. The summed E-state index contributed by atoms with van der Waals surface area (Å²) in [6.45, 7) is 10.1. The van der Waals surface area contributed by atoms with Crippen molar-refractivity contribution < 1.29 is 4.74 Å². The maximum absolute atomic E-state index is 5.49. The second-order valence-electron chi connectivity index (χ2n) is 5.02. The van der Waals surface area contributed by atoms with Crippen LogP contribution in [0, 0.1) is 5.41 Å². The van der Waals surface area contributed by atoms with Crippen LogP contribution >= 0.6 is 15.9 Å². The van der Waals surface area contributed by atoms with Crippen LogP contribution in [0.5, 0.6) is 0 Å². The van der Waals surface area contributed by atoms with Crippen LogP contribution in [-0.2, 0) is 4.74 Å². The van der Waals surface area contributed by atoms with Gasteiger partial charge in [-0.15, -0.1) is 0 Å². The summed E-state index contributed by atoms with van der Waals surface area (Å²) >= 11 is 3.72. The Kier molecular flexibility index (Phi) is 6.94. The number of nitrogens with zero attached hydrogens (tertiary/aromatic N) is 1. The van der Waals surface area contributed by atoms with E-state index in [0.29, 0.717) is 5.41 Å². The third kappa shape index (κ3) is 4.34. The molecule has 0 aliphatic carbocycles. The lowest BCUT2D eigenvalue weighted by Gasteiger charge is -2.40. The highest BCUT2D eigenvalue weighted by Crippen LogP contribution is 2.33. The highest BCUT2D eigenvalue weighted by Gasteiger charge is 2.33. The van der Waals surface area contributed by atoms with Gasteiger partial charge in [0.2, 0.25) is 0 Å². The Balaban J connectivity index is 2.50. The Hall–Kier alpha value is 0.400. The molecule has 2 nitrogen and oxygen atoms in total. The summed E-state index contributed by atoms with van der Waals surface area (Å²) in [4.78, 5) is 2.63. The maximum atomic E-state index is 5.49. The molecular formula is C13H26BrNO. The zero-order valence-electron chi connectivity index (χ0n) is 10.8. The van der Waals surface area contributed by atoms with E-state index in [2.05, 4.69) is 34.7 Å². The average molecular weight is 292 g/mol. The molecule has 0 radical (unpaired) electrons. The Labute approximate surface area is 109 Å². The number of hydrogen-bond acceptors (Lipinski definition) is 2. The van der Waals surface area contributed by atoms with Crippen LogP contribution in [0.15, 0.2) is 0 Å². The first kappa shape index (κ1) is 14.5. The van der Waals surface area contributed by atoms with Gasteiger partial charge in [0.15, 0.2) is 0 Å². The lowest BCUT2D eigenvalue weighted by Crippen LogP contribution is -2.43. The van der Waals surface area contributed by atoms with Crippen molar-refractivity contribution in [3.05, 3.63) is 0 Å². The topological polar surface area (TPSA) is 12.5 Å². The van der Waals surface area contributed by atoms with Crippen LogP contribution in [0.3, 0.4) is 0 Å². The Bertz CT molecular complexity index is 175. The lowest BCUT2D eigenvalue weighted by atomic mass is 9.81. The number of alkyl halides is 1. The SMILES string of the molecule is CCCN(CCC)CC1(CBr)CCOCC1. The maximum Gasteiger partial charge on any atom is 0.0472 e. The van der Waals surface area contributed by atoms with E-state index in [-0.39, 0.29) is 0 Å². The van der Waals surface area contributed by atoms with Crippen molar-refractivity contribution in [3.8, 4) is 0 Å². The first-order chi connectivity index (χ1) is 7.76. The molecule has 1 heterocycles. The van der Waals surface area contributed by atoms with Crippen LogP contribution < -0.4 is 0 Å². The van der Waals surface area contributed by atoms with E-state index in [9.17, 15) is 0 Å². The van der Waals surface area contributed by atoms with Crippen molar-refractivity contribution in [2.45, 2.75) is 39.5 Å². The van der Waals surface area contributed by atoms with E-state index in [1.165, 1.54) is 45.3 Å². The summed E-state index contributed by atoms with van der Waals surface area (Å²) in [5, 5.41) is 1.12. The molecular weight excluding hydrogens is 266 g/mol. The molecule has 3 heteroatoms. The Morgan fingerprint density at radius 2 is 1.69 bits per heavy atom. The monoisotopic (exact) mass is 291 g/mol. The number of rotatable bonds is 7. The van der Waals surface area contributed by atoms with Gasteiger partial charge in [0.1, 0.15) is 0 Å². The highest BCUT2D eigenvalue weighted by atomic mass is 79.9. The second-order valence-corrected chi connectivity index (χ2v) is 5.58. The Morgan fingerprint density at radius 3 is 2.12 bits per heavy atom. The largest absolute Gasteiger partial charge is 0.381 e. The zero-order chi connectivity index (χ0) is 11.9. The molecule has 0 saturated carbocycles. The summed E-state index contributed by atoms with van der Waals surface area (Å²) in [5.74, 6) is 0. The molecule has 0 spiro atoms. The molecule has 16 heavy (non-hydrogen) atoms. The summed E-state index contributed by atoms with van der Waals surface area (Å²) in [5.41, 5.74) is 0.461. The minimum Gasteiger partial charge on any atom is -0.381 e. The molecule has 96 valence electrons. The van der Waals surface area contributed by atoms with E-state index in [0.717, 1.165) is 18.5 Å². The first-order valence-electron chi connectivity index (χ1n) is 6.62. The van der Waals surface area contributed by atoms with Crippen molar-refractivity contribution in [1.82, 2.24) is 4.90 Å². The molecule has 0 aromatic carbocycles. The van der Waals surface area contributed by atoms with Gasteiger partial charge in [0.05, 0.1) is 0 Å². The van der Waals surface area contributed by atoms with Gasteiger partial charge in [-0.2, -0.15) is 0 Å². The quantitative estimate of drug-likeness (QED) is 0.668. The van der Waals surface area contributed by atoms with Gasteiger partial charge in [-0.3, -0.25) is 0 Å². The lowest BCUT2D eigenvalue weighted by molar-refractivity contribution is 0.00814. The molecule has 0 atom stereocenters. The second kappa shape index (κ2) is 7.67. The molecule has 1 aliphatic heterocycles. The van der Waals surface area contributed by atoms with Crippen molar-refractivity contribution in [2.24, 2.45) is 5.41 Å². The Morgan fingerprint density at radius 1 is 1.12 bits per heavy atom. The normalized spacial score (nSPS) is 20.2. The standard InChI is InChI=1S/C13H26BrNO/c1-3-7-15(8-4-2)12-13(11-14)5-9-16-10-6-13/h3-12H2,1-2H3. The van der Waals surface area contributed by atoms with Crippen LogP contribution in [0.1, 0.15) is 39.5 Å². The molecule has 0 aromatic heterocycles. The summed E-state index contributed by atoms with van der Waals surface area (Å²) in [6.07, 6.45) is 4.94. The highest BCUT2D eigenvalue weighted by molar-refractivity contribution is 9.09. The predicted octanol–water partition coefficient (Wildman–Crippen LogP) is 3.30. The fraction of sp³-hybridized carbons (Fsp3) is 1.00. The molecule has 1 fully saturated rings. The van der Waals surface area contributed by atoms with Crippen LogP contribution in [-0.4, -0.2) is 43.1 Å². The van der Waals surface area contributed by atoms with Gasteiger partial charge in [-0.05, 0) is 44.2 Å². The molecule has 0 amide bonds. The van der Waals surface area contributed by atoms with E-state index in [1.54, 1.807) is 0 Å². The fourth-order valence-electron chi connectivity index (χ4n) is 2.52. The van der Waals surface area contributed by atoms with Crippen LogP contribution in [0.4, 0.5) is 0 Å². The van der Waals surface area contributed by atoms with Crippen molar-refractivity contribution in [2.75, 3.05) is 38.2 Å². The van der Waals surface area contributed by atoms with E-state index < -0.39 is 0 Å². The van der Waals surface area contributed by atoms with Crippen molar-refractivity contribution in [3.63, 3.8) is 0 Å². The zero-order valence-corrected chi connectivity index (χ0v) is 12.4. The minimum atomic E-state index is 0.461. The molecule has 0 N–H and O–H groups in total. The molecule has 0 aromatic rings. The van der Waals surface area contributed by atoms with Crippen molar-refractivity contribution >= 4 is 15.9 Å². The van der Waals surface area contributed by atoms with Gasteiger partial charge in [-0.25, -0.2) is 0 Å². The van der Waals surface area contributed by atoms with Crippen LogP contribution in [0.25, 0.3) is 0 Å². The van der Waals surface area contributed by atoms with Crippen LogP contribution in [0.2, 0.25) is 0 Å². The van der Waals surface area contributed by atoms with Gasteiger partial charge < -0.3 is 9.64 Å². The number of ether oxygens (including phenoxy) is 1. The minimum absolute atomic E-state index is 0.461. The van der Waals surface area contributed by atoms with E-state index >= 15 is 0 Å². The molecule has 1 rings (SSSR count). The predicted molar refractivity (Wildman–Crippen MR) is 73.3 cm³/mol. The molecule has 1 saturated heterocycles. The van der Waals surface area contributed by atoms with E-state index in [4.69, 9.17) is 4.74 Å². The number of hydrogen-bond donors (Lipinski definition) is 0. The molecule has 1 aliphatic rings. The molecule has 0 bridgehead atoms. The van der Waals surface area contributed by atoms with Gasteiger partial charge in [0, 0.05) is 25.1 Å². The number of halogens is 1.